The van der Waals surface area contributed by atoms with Crippen LogP contribution in [0.2, 0.25) is 0 Å². The van der Waals surface area contributed by atoms with Crippen molar-refractivity contribution in [3.8, 4) is 0 Å². The second-order valence-corrected chi connectivity index (χ2v) is 5.68. The molecule has 1 N–H and O–H groups in total. The highest BCUT2D eigenvalue weighted by Gasteiger charge is 2.39. The molecule has 2 aromatic heterocycles. The zero-order valence-electron chi connectivity index (χ0n) is 10.5. The topological polar surface area (TPSA) is 55.6 Å². The van der Waals surface area contributed by atoms with Gasteiger partial charge in [-0.3, -0.25) is 0 Å². The van der Waals surface area contributed by atoms with E-state index in [0.29, 0.717) is 6.04 Å². The molecular formula is C13H17N5. The number of nitrogens with zero attached hydrogens (tertiary/aromatic N) is 4. The molecule has 0 saturated heterocycles. The Morgan fingerprint density at radius 2 is 2.17 bits per heavy atom. The Bertz CT molecular complexity index is 590. The molecule has 3 atom stereocenters. The zero-order chi connectivity index (χ0) is 12.1. The van der Waals surface area contributed by atoms with Crippen LogP contribution in [0.1, 0.15) is 25.7 Å². The Morgan fingerprint density at radius 1 is 1.22 bits per heavy atom. The Morgan fingerprint density at radius 3 is 2.94 bits per heavy atom. The number of hydrogen-bond donors (Lipinski definition) is 1. The molecule has 0 amide bonds. The summed E-state index contributed by atoms with van der Waals surface area (Å²) in [5.41, 5.74) is 1.79. The first-order valence-electron chi connectivity index (χ1n) is 6.70. The summed E-state index contributed by atoms with van der Waals surface area (Å²) in [5.74, 6) is 2.68. The van der Waals surface area contributed by atoms with Crippen molar-refractivity contribution in [2.24, 2.45) is 18.9 Å². The van der Waals surface area contributed by atoms with Gasteiger partial charge in [-0.25, -0.2) is 15.0 Å². The maximum Gasteiger partial charge on any atom is 0.165 e. The summed E-state index contributed by atoms with van der Waals surface area (Å²) in [4.78, 5) is 13.0. The van der Waals surface area contributed by atoms with E-state index in [1.807, 2.05) is 11.6 Å². The lowest BCUT2D eigenvalue weighted by molar-refractivity contribution is 0.439. The van der Waals surface area contributed by atoms with Crippen LogP contribution >= 0.6 is 0 Å². The summed E-state index contributed by atoms with van der Waals surface area (Å²) < 4.78 is 1.93. The third-order valence-electron chi connectivity index (χ3n) is 4.56. The van der Waals surface area contributed by atoms with E-state index in [1.165, 1.54) is 25.7 Å². The van der Waals surface area contributed by atoms with Gasteiger partial charge in [0.25, 0.3) is 0 Å². The van der Waals surface area contributed by atoms with Crippen molar-refractivity contribution < 1.29 is 0 Å². The Hall–Kier alpha value is -1.65. The number of fused-ring (bicyclic) bond motifs is 3. The van der Waals surface area contributed by atoms with Crippen molar-refractivity contribution in [1.29, 1.82) is 0 Å². The van der Waals surface area contributed by atoms with E-state index in [-0.39, 0.29) is 0 Å². The van der Waals surface area contributed by atoms with Gasteiger partial charge in [0.15, 0.2) is 11.5 Å². The highest BCUT2D eigenvalue weighted by Crippen LogP contribution is 2.45. The predicted molar refractivity (Wildman–Crippen MR) is 69.2 cm³/mol. The van der Waals surface area contributed by atoms with E-state index in [4.69, 9.17) is 0 Å². The Labute approximate surface area is 106 Å². The smallest absolute Gasteiger partial charge is 0.165 e. The number of anilines is 1. The maximum absolute atomic E-state index is 4.40. The van der Waals surface area contributed by atoms with Gasteiger partial charge < -0.3 is 9.88 Å². The molecule has 0 aliphatic heterocycles. The monoisotopic (exact) mass is 243 g/mol. The Balaban J connectivity index is 1.67. The van der Waals surface area contributed by atoms with Crippen molar-refractivity contribution in [3.63, 3.8) is 0 Å². The summed E-state index contributed by atoms with van der Waals surface area (Å²) in [5, 5.41) is 3.60. The van der Waals surface area contributed by atoms with Crippen LogP contribution < -0.4 is 5.32 Å². The molecule has 2 fully saturated rings. The second kappa shape index (κ2) is 3.67. The molecule has 0 aromatic carbocycles. The SMILES string of the molecule is Cn1cnc2c(N[C@@H]3C[C@H]4CC[C@@H]3C4)ncnc21. The fraction of sp³-hybridized carbons (Fsp3) is 0.615. The lowest BCUT2D eigenvalue weighted by atomic mass is 9.95. The second-order valence-electron chi connectivity index (χ2n) is 5.68. The summed E-state index contributed by atoms with van der Waals surface area (Å²) in [6, 6.07) is 0.587. The number of hydrogen-bond acceptors (Lipinski definition) is 4. The largest absolute Gasteiger partial charge is 0.365 e. The van der Waals surface area contributed by atoms with E-state index >= 15 is 0 Å². The van der Waals surface area contributed by atoms with Crippen LogP contribution in [0.4, 0.5) is 5.82 Å². The van der Waals surface area contributed by atoms with Gasteiger partial charge in [0.1, 0.15) is 11.8 Å². The molecule has 0 spiro atoms. The van der Waals surface area contributed by atoms with Gasteiger partial charge in [0, 0.05) is 13.1 Å². The molecule has 5 nitrogen and oxygen atoms in total. The maximum atomic E-state index is 4.40. The molecule has 94 valence electrons. The molecule has 0 radical (unpaired) electrons. The average molecular weight is 243 g/mol. The number of imidazole rings is 1. The number of aromatic nitrogens is 4. The van der Waals surface area contributed by atoms with E-state index in [2.05, 4.69) is 20.3 Å². The van der Waals surface area contributed by atoms with E-state index < -0.39 is 0 Å². The summed E-state index contributed by atoms with van der Waals surface area (Å²) in [6.45, 7) is 0. The number of rotatable bonds is 2. The van der Waals surface area contributed by atoms with Crippen molar-refractivity contribution in [3.05, 3.63) is 12.7 Å². The van der Waals surface area contributed by atoms with Gasteiger partial charge in [-0.1, -0.05) is 6.42 Å². The van der Waals surface area contributed by atoms with Crippen molar-refractivity contribution in [2.45, 2.75) is 31.7 Å². The summed E-state index contributed by atoms with van der Waals surface area (Å²) in [6.07, 6.45) is 8.91. The molecule has 2 bridgehead atoms. The fourth-order valence-corrected chi connectivity index (χ4v) is 3.65. The quantitative estimate of drug-likeness (QED) is 0.876. The van der Waals surface area contributed by atoms with Crippen LogP contribution in [-0.2, 0) is 7.05 Å². The van der Waals surface area contributed by atoms with Crippen molar-refractivity contribution in [2.75, 3.05) is 5.32 Å². The summed E-state index contributed by atoms with van der Waals surface area (Å²) >= 11 is 0. The lowest BCUT2D eigenvalue weighted by Gasteiger charge is -2.23. The van der Waals surface area contributed by atoms with Gasteiger partial charge in [-0.15, -0.1) is 0 Å². The van der Waals surface area contributed by atoms with Crippen LogP contribution in [0.3, 0.4) is 0 Å². The molecule has 5 heteroatoms. The van der Waals surface area contributed by atoms with E-state index in [9.17, 15) is 0 Å². The van der Waals surface area contributed by atoms with Crippen LogP contribution in [-0.4, -0.2) is 25.6 Å². The molecule has 18 heavy (non-hydrogen) atoms. The number of nitrogens with one attached hydrogen (secondary N) is 1. The average Bonchev–Trinajstić information content (AvgIpc) is 3.06. The fourth-order valence-electron chi connectivity index (χ4n) is 3.65. The van der Waals surface area contributed by atoms with Gasteiger partial charge in [-0.2, -0.15) is 0 Å². The van der Waals surface area contributed by atoms with Crippen LogP contribution in [0.25, 0.3) is 11.2 Å². The molecule has 2 aliphatic carbocycles. The van der Waals surface area contributed by atoms with E-state index in [0.717, 1.165) is 28.8 Å². The minimum absolute atomic E-state index is 0.587. The van der Waals surface area contributed by atoms with Gasteiger partial charge in [0.05, 0.1) is 6.33 Å². The molecule has 2 heterocycles. The third-order valence-corrected chi connectivity index (χ3v) is 4.56. The van der Waals surface area contributed by atoms with Crippen LogP contribution in [0.5, 0.6) is 0 Å². The van der Waals surface area contributed by atoms with Crippen molar-refractivity contribution in [1.82, 2.24) is 19.5 Å². The highest BCUT2D eigenvalue weighted by molar-refractivity contribution is 5.82. The normalized spacial score (nSPS) is 30.2. The molecule has 0 unspecified atom stereocenters. The lowest BCUT2D eigenvalue weighted by Crippen LogP contribution is -2.26. The predicted octanol–water partition coefficient (Wildman–Crippen LogP) is 1.96. The zero-order valence-corrected chi connectivity index (χ0v) is 10.5. The van der Waals surface area contributed by atoms with Crippen LogP contribution in [0, 0.1) is 11.8 Å². The minimum atomic E-state index is 0.587. The van der Waals surface area contributed by atoms with Crippen LogP contribution in [0.15, 0.2) is 12.7 Å². The first-order chi connectivity index (χ1) is 8.81. The third kappa shape index (κ3) is 1.43. The molecule has 4 rings (SSSR count). The van der Waals surface area contributed by atoms with E-state index in [1.54, 1.807) is 12.7 Å². The first kappa shape index (κ1) is 10.3. The minimum Gasteiger partial charge on any atom is -0.365 e. The molecule has 2 saturated carbocycles. The summed E-state index contributed by atoms with van der Waals surface area (Å²) in [7, 11) is 1.96. The highest BCUT2D eigenvalue weighted by atomic mass is 15.1. The molecule has 2 aromatic rings. The van der Waals surface area contributed by atoms with Gasteiger partial charge in [-0.05, 0) is 31.1 Å². The van der Waals surface area contributed by atoms with Crippen molar-refractivity contribution >= 4 is 17.0 Å². The first-order valence-corrected chi connectivity index (χ1v) is 6.70. The molecular weight excluding hydrogens is 226 g/mol. The van der Waals surface area contributed by atoms with Gasteiger partial charge in [0.2, 0.25) is 0 Å². The Kier molecular flexibility index (Phi) is 2.10. The number of aryl methyl sites for hydroxylation is 1. The van der Waals surface area contributed by atoms with Gasteiger partial charge >= 0.3 is 0 Å². The molecule has 2 aliphatic rings. The standard InChI is InChI=1S/C13H17N5/c1-18-7-16-11-12(14-6-15-13(11)18)17-10-5-8-2-3-9(10)4-8/h6-10H,2-5H2,1H3,(H,14,15,17)/t8-,9+,10+/m0/s1.